The van der Waals surface area contributed by atoms with Crippen molar-refractivity contribution in [3.8, 4) is 21.4 Å². The first-order chi connectivity index (χ1) is 51.9. The van der Waals surface area contributed by atoms with Crippen LogP contribution in [0.1, 0.15) is 292 Å². The van der Waals surface area contributed by atoms with E-state index in [2.05, 4.69) is 48.1 Å². The summed E-state index contributed by atoms with van der Waals surface area (Å²) in [7, 11) is 0. The van der Waals surface area contributed by atoms with Crippen LogP contribution in [0.5, 0.6) is 0 Å². The molecule has 29 nitrogen and oxygen atoms in total. The topological polar surface area (TPSA) is 500 Å². The van der Waals surface area contributed by atoms with E-state index in [9.17, 15) is 76.7 Å². The summed E-state index contributed by atoms with van der Waals surface area (Å²) in [4.78, 5) is 209. The quantitative estimate of drug-likeness (QED) is 0.0113. The van der Waals surface area contributed by atoms with Crippen LogP contribution in [0.15, 0.2) is 21.5 Å². The molecule has 2 saturated carbocycles. The standard InChI is InChI=1S/C32H41N5O9S2.C30H54N2O5S.C14H12ClN3O4S2.CH4.H3N/c1-3-4-5-27(43)34-21(15-26(33)42)24(40)12-18(2)6-7-20(39)14-28(44)37-32(10-11-32)25(41)13-19(38)8-9-29-35-22(16-47-29)30-36-23(17-48-30)31(45)46;1-6-7-8-9-10-11-12-13-14-15-16-17-28(36)32-25(22-27(31)35)26(34)20-23(2)18-19-24(33)21-29(37)38-30(3,4)5;15-14(1-2-14)9(19)3-10(20)16-4-11-17-7(5-23-11)12-18-8(6-24-12)13(21)22;;/h16-18,21H,3-15H2,1-2H3,(H2,33,42)(H,34,43)(H,37,44)(H,45,46);23,25H,6-22H2,1-5H3,(H2,31,35)(H,32,36);5-6H,1-4H2,(H,16,20)(H,21,22);1H4;1H3/t18-,21+;23-,25+;;;/m00.../s1. The molecule has 0 saturated heterocycles. The monoisotopic (exact) mass is 1680 g/mol. The summed E-state index contributed by atoms with van der Waals surface area (Å²) in [5.41, 5.74) is 10.4. The first-order valence-electron chi connectivity index (χ1n) is 37.5. The number of ketones is 7. The van der Waals surface area contributed by atoms with Gasteiger partial charge in [0.1, 0.15) is 48.6 Å². The zero-order chi connectivity index (χ0) is 81.7. The summed E-state index contributed by atoms with van der Waals surface area (Å²) in [6.07, 6.45) is 17.0. The van der Waals surface area contributed by atoms with E-state index in [0.29, 0.717) is 89.2 Å². The molecule has 4 aromatic rings. The molecule has 4 atom stereocenters. The highest BCUT2D eigenvalue weighted by Gasteiger charge is 2.51. The third-order valence-corrected chi connectivity index (χ3v) is 22.7. The number of carboxylic acids is 2. The van der Waals surface area contributed by atoms with Crippen molar-refractivity contribution in [1.82, 2.24) is 47.4 Å². The Bertz CT molecular complexity index is 3840. The Kier molecular flexibility index (Phi) is 45.8. The minimum atomic E-state index is -1.15. The number of unbranched alkanes of at least 4 members (excludes halogenated alkanes) is 11. The minimum absolute atomic E-state index is 0. The van der Waals surface area contributed by atoms with Crippen LogP contribution in [0.3, 0.4) is 0 Å². The molecule has 2 fully saturated rings. The number of nitrogens with two attached hydrogens (primary N) is 2. The van der Waals surface area contributed by atoms with Gasteiger partial charge in [-0.2, -0.15) is 0 Å². The number of aromatic nitrogens is 4. The van der Waals surface area contributed by atoms with Gasteiger partial charge in [-0.3, -0.25) is 67.1 Å². The van der Waals surface area contributed by atoms with Gasteiger partial charge in [-0.05, 0) is 63.2 Å². The second-order valence-electron chi connectivity index (χ2n) is 29.2. The number of primary amides is 2. The number of nitrogens with one attached hydrogen (secondary N) is 4. The Labute approximate surface area is 680 Å². The summed E-state index contributed by atoms with van der Waals surface area (Å²) < 4.78 is -0.232. The average molecular weight is 1680 g/mol. The van der Waals surface area contributed by atoms with Crippen molar-refractivity contribution in [2.45, 2.75) is 302 Å². The van der Waals surface area contributed by atoms with E-state index in [1.807, 2.05) is 34.6 Å². The van der Waals surface area contributed by atoms with Gasteiger partial charge in [-0.25, -0.2) is 29.5 Å². The van der Waals surface area contributed by atoms with E-state index in [-0.39, 0.29) is 176 Å². The molecule has 4 heterocycles. The lowest BCUT2D eigenvalue weighted by Crippen LogP contribution is -2.44. The van der Waals surface area contributed by atoms with Crippen LogP contribution >= 0.6 is 68.7 Å². The van der Waals surface area contributed by atoms with E-state index in [4.69, 9.17) is 33.3 Å². The molecular weight excluding hydrogens is 1560 g/mol. The maximum atomic E-state index is 12.9. The maximum absolute atomic E-state index is 12.9. The van der Waals surface area contributed by atoms with Gasteiger partial charge in [0.2, 0.25) is 35.4 Å². The average Bonchev–Trinajstić information content (AvgIpc) is 1.69. The van der Waals surface area contributed by atoms with Crippen molar-refractivity contribution in [3.05, 3.63) is 42.9 Å². The molecule has 35 heteroatoms. The summed E-state index contributed by atoms with van der Waals surface area (Å²) in [6.45, 7) is 13.7. The van der Waals surface area contributed by atoms with Crippen molar-refractivity contribution in [1.29, 1.82) is 0 Å². The Morgan fingerprint density at radius 1 is 0.518 bits per heavy atom. The predicted molar refractivity (Wildman–Crippen MR) is 434 cm³/mol. The lowest BCUT2D eigenvalue weighted by molar-refractivity contribution is -0.134. The molecule has 13 N–H and O–H groups in total. The molecule has 0 unspecified atom stereocenters. The number of alkyl halides is 1. The fourth-order valence-corrected chi connectivity index (χ4v) is 15.3. The first-order valence-corrected chi connectivity index (χ1v) is 42.2. The van der Waals surface area contributed by atoms with Crippen LogP contribution in [-0.2, 0) is 80.1 Å². The number of amides is 6. The molecule has 0 bridgehead atoms. The fraction of sp³-hybridized carbons (Fsp3) is 0.636. The Morgan fingerprint density at radius 3 is 1.39 bits per heavy atom. The van der Waals surface area contributed by atoms with Gasteiger partial charge in [0.05, 0.1) is 67.7 Å². The lowest BCUT2D eigenvalue weighted by Gasteiger charge is -2.19. The number of hydrogen-bond acceptors (Lipinski definition) is 26. The SMILES string of the molecule is C.CCCCC(=O)N[C@H](CC(N)=O)C(=O)C[C@@H](C)CCC(=O)CC(=O)NC1(C(=O)CC(=O)CCc2nc(-c3nc(C(=O)O)cs3)cs2)CC1.CCCCCCCCCCCCCC(=O)N[C@H](CC(N)=O)C(=O)C[C@@H](C)CCC(=O)CC(=O)SC(C)(C)C.N.O=C(CC(=O)C1(Cl)CC1)NCc1nc(-c2nc(C(=O)O)cs2)cs1. The Morgan fingerprint density at radius 2 is 0.955 bits per heavy atom. The third-order valence-electron chi connectivity index (χ3n) is 17.6. The van der Waals surface area contributed by atoms with Crippen LogP contribution in [0.4, 0.5) is 0 Å². The number of halogens is 1. The van der Waals surface area contributed by atoms with Crippen LogP contribution < -0.4 is 38.9 Å². The Balaban J connectivity index is 0.000000594. The molecule has 622 valence electrons. The highest BCUT2D eigenvalue weighted by Crippen LogP contribution is 2.44. The van der Waals surface area contributed by atoms with Crippen LogP contribution in [0.25, 0.3) is 21.4 Å². The molecule has 0 aromatic carbocycles. The second-order valence-corrected chi connectivity index (χ2v) is 35.4. The summed E-state index contributed by atoms with van der Waals surface area (Å²) >= 11 is 12.1. The van der Waals surface area contributed by atoms with E-state index < -0.39 is 64.4 Å². The van der Waals surface area contributed by atoms with Crippen molar-refractivity contribution in [3.63, 3.8) is 0 Å². The number of carbonyl (C=O) groups is 16. The van der Waals surface area contributed by atoms with Crippen LogP contribution in [0, 0.1) is 11.8 Å². The smallest absolute Gasteiger partial charge is 0.355 e. The van der Waals surface area contributed by atoms with Crippen molar-refractivity contribution in [2.75, 3.05) is 0 Å². The number of nitrogens with zero attached hydrogens (tertiary/aromatic N) is 4. The zero-order valence-corrected chi connectivity index (χ0v) is 69.5. The van der Waals surface area contributed by atoms with Crippen molar-refractivity contribution >= 4 is 162 Å². The number of carbonyl (C=O) groups excluding carboxylic acids is 14. The number of thioether (sulfide) groups is 1. The molecule has 6 rings (SSSR count). The lowest BCUT2D eigenvalue weighted by atomic mass is 9.93. The van der Waals surface area contributed by atoms with Crippen LogP contribution in [-0.4, -0.2) is 150 Å². The number of carboxylic acid groups (broad SMARTS) is 2. The third kappa shape index (κ3) is 40.3. The van der Waals surface area contributed by atoms with E-state index in [1.165, 1.54) is 96.1 Å². The molecule has 4 aromatic heterocycles. The molecule has 112 heavy (non-hydrogen) atoms. The summed E-state index contributed by atoms with van der Waals surface area (Å²) in [5, 5.41) is 36.9. The predicted octanol–water partition coefficient (Wildman–Crippen LogP) is 12.5. The van der Waals surface area contributed by atoms with Crippen molar-refractivity contribution < 1.29 is 86.9 Å². The number of Topliss-reactive ketones (excluding diaryl/α,β-unsaturated/α-hetero) is 7. The van der Waals surface area contributed by atoms with E-state index in [0.717, 1.165) is 48.8 Å². The Hall–Kier alpha value is -7.76. The molecule has 6 amide bonds. The first kappa shape index (κ1) is 100. The molecule has 0 radical (unpaired) electrons. The molecule has 0 aliphatic heterocycles. The van der Waals surface area contributed by atoms with Gasteiger partial charge in [0.15, 0.2) is 39.6 Å². The highest BCUT2D eigenvalue weighted by atomic mass is 35.5. The number of aryl methyl sites for hydroxylation is 1. The van der Waals surface area contributed by atoms with Gasteiger partial charge >= 0.3 is 11.9 Å². The summed E-state index contributed by atoms with van der Waals surface area (Å²) in [5.74, 6) is -7.59. The molecule has 2 aliphatic carbocycles. The largest absolute Gasteiger partial charge is 0.476 e. The highest BCUT2D eigenvalue weighted by molar-refractivity contribution is 8.14. The van der Waals surface area contributed by atoms with Crippen molar-refractivity contribution in [2.24, 2.45) is 23.3 Å². The van der Waals surface area contributed by atoms with Gasteiger partial charge in [-0.1, -0.05) is 138 Å². The number of rotatable bonds is 53. The molecule has 2 aliphatic rings. The molecule has 0 spiro atoms. The van der Waals surface area contributed by atoms with Gasteiger partial charge in [-0.15, -0.1) is 56.9 Å². The minimum Gasteiger partial charge on any atom is -0.476 e. The van der Waals surface area contributed by atoms with Gasteiger partial charge in [0.25, 0.3) is 0 Å². The normalized spacial score (nSPS) is 13.8. The second kappa shape index (κ2) is 51.2. The zero-order valence-electron chi connectivity index (χ0n) is 64.7. The number of thiazole rings is 4. The maximum Gasteiger partial charge on any atom is 0.355 e. The van der Waals surface area contributed by atoms with E-state index >= 15 is 0 Å². The van der Waals surface area contributed by atoms with Crippen LogP contribution in [0.2, 0.25) is 0 Å². The fourth-order valence-electron chi connectivity index (χ4n) is 11.1. The van der Waals surface area contributed by atoms with Gasteiger partial charge in [0, 0.05) is 77.6 Å². The summed E-state index contributed by atoms with van der Waals surface area (Å²) in [6, 6.07) is -1.96. The number of aromatic carboxylic acids is 2. The van der Waals surface area contributed by atoms with E-state index in [1.54, 1.807) is 17.7 Å². The molecular formula is C77H114ClN11O18S5. The van der Waals surface area contributed by atoms with Gasteiger partial charge < -0.3 is 49.1 Å². The number of hydrogen-bond donors (Lipinski definition) is 9.